The number of aromatic nitrogens is 2. The molecule has 0 radical (unpaired) electrons. The third kappa shape index (κ3) is 4.43. The van der Waals surface area contributed by atoms with Crippen LogP contribution < -0.4 is 10.9 Å². The van der Waals surface area contributed by atoms with Crippen LogP contribution >= 0.6 is 23.8 Å². The summed E-state index contributed by atoms with van der Waals surface area (Å²) in [4.78, 5) is 28.3. The Hall–Kier alpha value is -2.69. The summed E-state index contributed by atoms with van der Waals surface area (Å²) in [6.07, 6.45) is -2.80. The van der Waals surface area contributed by atoms with Crippen molar-refractivity contribution in [2.45, 2.75) is 25.1 Å². The van der Waals surface area contributed by atoms with Gasteiger partial charge in [-0.1, -0.05) is 11.6 Å². The second-order valence-electron chi connectivity index (χ2n) is 7.34. The van der Waals surface area contributed by atoms with Gasteiger partial charge in [0.1, 0.15) is 0 Å². The van der Waals surface area contributed by atoms with Crippen LogP contribution in [0.3, 0.4) is 0 Å². The molecule has 0 aliphatic carbocycles. The van der Waals surface area contributed by atoms with E-state index >= 15 is 0 Å². The van der Waals surface area contributed by atoms with E-state index in [1.165, 1.54) is 18.2 Å². The number of nitrogens with one attached hydrogen (secondary N) is 2. The third-order valence-corrected chi connectivity index (χ3v) is 5.79. The number of ether oxygens (including phenoxy) is 1. The Morgan fingerprint density at radius 3 is 2.75 bits per heavy atom. The molecule has 1 saturated heterocycles. The number of nitrogens with zero attached hydrogens (tertiary/aromatic N) is 1. The van der Waals surface area contributed by atoms with Crippen molar-refractivity contribution in [1.29, 1.82) is 0 Å². The minimum atomic E-state index is -4.61. The van der Waals surface area contributed by atoms with Crippen LogP contribution in [0.15, 0.2) is 41.2 Å². The zero-order valence-electron chi connectivity index (χ0n) is 16.5. The lowest BCUT2D eigenvalue weighted by Crippen LogP contribution is -2.31. The molecule has 11 heteroatoms. The molecule has 4 rings (SSSR count). The molecule has 32 heavy (non-hydrogen) atoms. The number of halogens is 4. The van der Waals surface area contributed by atoms with Crippen LogP contribution in [-0.2, 0) is 10.9 Å². The third-order valence-electron chi connectivity index (χ3n) is 5.19. The highest BCUT2D eigenvalue weighted by Crippen LogP contribution is 2.33. The number of carbonyl (C=O) groups is 1. The Labute approximate surface area is 190 Å². The maximum atomic E-state index is 13.1. The van der Waals surface area contributed by atoms with E-state index in [1.807, 2.05) is 0 Å². The monoisotopic (exact) mass is 483 g/mol. The van der Waals surface area contributed by atoms with Crippen molar-refractivity contribution >= 4 is 40.6 Å². The smallest absolute Gasteiger partial charge is 0.376 e. The van der Waals surface area contributed by atoms with Crippen LogP contribution in [0.2, 0.25) is 5.02 Å². The molecule has 2 N–H and O–H groups in total. The average molecular weight is 484 g/mol. The molecule has 0 spiro atoms. The van der Waals surface area contributed by atoms with E-state index in [0.29, 0.717) is 18.7 Å². The summed E-state index contributed by atoms with van der Waals surface area (Å²) in [5, 5.41) is 2.86. The zero-order chi connectivity index (χ0) is 23.0. The van der Waals surface area contributed by atoms with E-state index in [2.05, 4.69) is 10.3 Å². The fraction of sp³-hybridized carbons (Fsp3) is 0.286. The molecule has 0 bridgehead atoms. The molecule has 1 unspecified atom stereocenters. The fourth-order valence-corrected chi connectivity index (χ4v) is 4.05. The minimum absolute atomic E-state index is 0.0189. The summed E-state index contributed by atoms with van der Waals surface area (Å²) >= 11 is 11.3. The maximum Gasteiger partial charge on any atom is 0.416 e. The molecule has 1 atom stereocenters. The molecule has 2 aromatic carbocycles. The van der Waals surface area contributed by atoms with Gasteiger partial charge in [-0.3, -0.25) is 14.2 Å². The molecule has 1 fully saturated rings. The molecule has 3 aromatic rings. The zero-order valence-corrected chi connectivity index (χ0v) is 18.0. The van der Waals surface area contributed by atoms with E-state index < -0.39 is 17.3 Å². The first-order valence-corrected chi connectivity index (χ1v) is 10.5. The van der Waals surface area contributed by atoms with Crippen molar-refractivity contribution in [1.82, 2.24) is 14.9 Å². The number of fused-ring (bicyclic) bond motifs is 1. The Kier molecular flexibility index (Phi) is 6.11. The van der Waals surface area contributed by atoms with E-state index in [9.17, 15) is 22.8 Å². The lowest BCUT2D eigenvalue weighted by molar-refractivity contribution is -0.137. The molecule has 1 aliphatic heterocycles. The highest BCUT2D eigenvalue weighted by molar-refractivity contribution is 7.71. The van der Waals surface area contributed by atoms with Gasteiger partial charge >= 0.3 is 6.18 Å². The fourth-order valence-electron chi connectivity index (χ4n) is 3.55. The molecule has 1 amide bonds. The first-order chi connectivity index (χ1) is 15.1. The van der Waals surface area contributed by atoms with Crippen molar-refractivity contribution in [2.75, 3.05) is 13.2 Å². The number of amides is 1. The number of benzene rings is 2. The Bertz CT molecular complexity index is 1310. The molecule has 6 nitrogen and oxygen atoms in total. The lowest BCUT2D eigenvalue weighted by Gasteiger charge is -2.14. The summed E-state index contributed by atoms with van der Waals surface area (Å²) in [7, 11) is 0. The van der Waals surface area contributed by atoms with Crippen molar-refractivity contribution in [3.63, 3.8) is 0 Å². The van der Waals surface area contributed by atoms with Crippen LogP contribution in [0.1, 0.15) is 28.8 Å². The Morgan fingerprint density at radius 2 is 2.06 bits per heavy atom. The first kappa shape index (κ1) is 22.5. The van der Waals surface area contributed by atoms with Crippen LogP contribution in [0.5, 0.6) is 0 Å². The quantitative estimate of drug-likeness (QED) is 0.531. The Balaban J connectivity index is 1.72. The van der Waals surface area contributed by atoms with Gasteiger partial charge in [-0.2, -0.15) is 13.2 Å². The molecule has 1 aliphatic rings. The lowest BCUT2D eigenvalue weighted by atomic mass is 10.1. The van der Waals surface area contributed by atoms with Gasteiger partial charge in [-0.15, -0.1) is 0 Å². The van der Waals surface area contributed by atoms with Crippen LogP contribution in [0.4, 0.5) is 13.2 Å². The van der Waals surface area contributed by atoms with Crippen LogP contribution in [-0.4, -0.2) is 34.7 Å². The standard InChI is InChI=1S/C21H17ClF3N3O3S/c22-15-6-4-12(21(23,24)25)9-17(15)28-19(30)14-5-3-11(8-16(14)27-20(28)32)18(29)26-10-13-2-1-7-31-13/h3-6,8-9,13H,1-2,7,10H2,(H,26,29)(H,27,32). The summed E-state index contributed by atoms with van der Waals surface area (Å²) in [5.74, 6) is -0.341. The molecular weight excluding hydrogens is 467 g/mol. The van der Waals surface area contributed by atoms with Crippen molar-refractivity contribution < 1.29 is 22.7 Å². The van der Waals surface area contributed by atoms with Gasteiger partial charge in [0, 0.05) is 18.7 Å². The average Bonchev–Trinajstić information content (AvgIpc) is 3.25. The van der Waals surface area contributed by atoms with Crippen LogP contribution in [0, 0.1) is 4.77 Å². The van der Waals surface area contributed by atoms with Gasteiger partial charge in [-0.25, -0.2) is 0 Å². The number of hydrogen-bond donors (Lipinski definition) is 2. The minimum Gasteiger partial charge on any atom is -0.376 e. The Morgan fingerprint density at radius 1 is 1.28 bits per heavy atom. The summed E-state index contributed by atoms with van der Waals surface area (Å²) in [6, 6.07) is 7.01. The number of hydrogen-bond acceptors (Lipinski definition) is 4. The highest BCUT2D eigenvalue weighted by atomic mass is 35.5. The van der Waals surface area contributed by atoms with Crippen LogP contribution in [0.25, 0.3) is 16.6 Å². The molecule has 1 aromatic heterocycles. The number of carbonyl (C=O) groups excluding carboxylic acids is 1. The van der Waals surface area contributed by atoms with E-state index in [1.54, 1.807) is 0 Å². The first-order valence-electron chi connectivity index (χ1n) is 9.71. The van der Waals surface area contributed by atoms with Gasteiger partial charge in [0.2, 0.25) is 0 Å². The van der Waals surface area contributed by atoms with Gasteiger partial charge in [0.25, 0.3) is 11.5 Å². The van der Waals surface area contributed by atoms with Gasteiger partial charge in [0.15, 0.2) is 4.77 Å². The summed E-state index contributed by atoms with van der Waals surface area (Å²) in [5.41, 5.74) is -1.22. The van der Waals surface area contributed by atoms with Crippen molar-refractivity contribution in [2.24, 2.45) is 0 Å². The maximum absolute atomic E-state index is 13.1. The van der Waals surface area contributed by atoms with Crippen molar-refractivity contribution in [3.8, 4) is 5.69 Å². The summed E-state index contributed by atoms with van der Waals surface area (Å²) in [6.45, 7) is 1.05. The normalized spacial score (nSPS) is 16.4. The molecule has 2 heterocycles. The van der Waals surface area contributed by atoms with E-state index in [-0.39, 0.29) is 38.4 Å². The number of rotatable bonds is 4. The second-order valence-corrected chi connectivity index (χ2v) is 8.13. The number of aromatic amines is 1. The predicted molar refractivity (Wildman–Crippen MR) is 116 cm³/mol. The highest BCUT2D eigenvalue weighted by Gasteiger charge is 2.31. The molecule has 168 valence electrons. The van der Waals surface area contributed by atoms with Gasteiger partial charge in [-0.05, 0) is 61.5 Å². The molecular formula is C21H17ClF3N3O3S. The second kappa shape index (κ2) is 8.68. The summed E-state index contributed by atoms with van der Waals surface area (Å²) < 4.78 is 45.7. The molecule has 0 saturated carbocycles. The number of H-pyrrole nitrogens is 1. The van der Waals surface area contributed by atoms with Crippen molar-refractivity contribution in [3.05, 3.63) is 67.7 Å². The predicted octanol–water partition coefficient (Wildman–Crippen LogP) is 4.63. The van der Waals surface area contributed by atoms with E-state index in [4.69, 9.17) is 28.6 Å². The van der Waals surface area contributed by atoms with Gasteiger partial charge < -0.3 is 15.0 Å². The number of alkyl halides is 3. The SMILES string of the molecule is O=C(NCC1CCCO1)c1ccc2c(=O)n(-c3cc(C(F)(F)F)ccc3Cl)c(=S)[nH]c2c1. The largest absolute Gasteiger partial charge is 0.416 e. The van der Waals surface area contributed by atoms with Gasteiger partial charge in [0.05, 0.1) is 33.3 Å². The van der Waals surface area contributed by atoms with E-state index in [0.717, 1.165) is 35.6 Å². The topological polar surface area (TPSA) is 76.1 Å².